The van der Waals surface area contributed by atoms with E-state index in [9.17, 15) is 0 Å². The van der Waals surface area contributed by atoms with Crippen molar-refractivity contribution in [3.05, 3.63) is 0 Å². The fraction of sp³-hybridized carbons (Fsp3) is 1.00. The first-order valence-electron chi connectivity index (χ1n) is 3.63. The largest absolute Gasteiger partial charge is 0.377 e. The molecule has 0 aliphatic carbocycles. The number of hydrogen-bond donors (Lipinski definition) is 1. The summed E-state index contributed by atoms with van der Waals surface area (Å²) in [7, 11) is 0. The molecule has 0 fully saturated rings. The molecule has 56 valence electrons. The Balaban J connectivity index is 2.88. The van der Waals surface area contributed by atoms with Gasteiger partial charge in [-0.05, 0) is 13.3 Å². The van der Waals surface area contributed by atoms with Crippen LogP contribution < -0.4 is 5.73 Å². The third-order valence-electron chi connectivity index (χ3n) is 1.23. The quantitative estimate of drug-likeness (QED) is 0.568. The van der Waals surface area contributed by atoms with Crippen LogP contribution in [0.25, 0.3) is 0 Å². The highest BCUT2D eigenvalue weighted by atomic mass is 16.5. The van der Waals surface area contributed by atoms with E-state index in [1.165, 1.54) is 6.42 Å². The number of rotatable bonds is 5. The Bertz CT molecular complexity index is 56.9. The van der Waals surface area contributed by atoms with Crippen molar-refractivity contribution >= 4 is 0 Å². The second-order valence-electron chi connectivity index (χ2n) is 2.27. The van der Waals surface area contributed by atoms with Crippen LogP contribution in [0.5, 0.6) is 0 Å². The molecule has 0 unspecified atom stereocenters. The molecule has 1 atom stereocenters. The normalized spacial score (nSPS) is 13.7. The van der Waals surface area contributed by atoms with Crippen molar-refractivity contribution in [1.29, 1.82) is 0 Å². The summed E-state index contributed by atoms with van der Waals surface area (Å²) in [6, 6.07) is 0. The first kappa shape index (κ1) is 8.92. The van der Waals surface area contributed by atoms with E-state index >= 15 is 0 Å². The van der Waals surface area contributed by atoms with Crippen LogP contribution in [-0.4, -0.2) is 19.3 Å². The fourth-order valence-electron chi connectivity index (χ4n) is 0.497. The van der Waals surface area contributed by atoms with Crippen LogP contribution in [0.4, 0.5) is 0 Å². The minimum absolute atomic E-state index is 0.233. The summed E-state index contributed by atoms with van der Waals surface area (Å²) in [4.78, 5) is 0. The summed E-state index contributed by atoms with van der Waals surface area (Å²) in [6.07, 6.45) is 2.57. The smallest absolute Gasteiger partial charge is 0.0669 e. The van der Waals surface area contributed by atoms with Crippen LogP contribution in [0, 0.1) is 0 Å². The SMILES string of the molecule is CCCCO[C@H](C)CN. The molecule has 0 rings (SSSR count). The zero-order valence-corrected chi connectivity index (χ0v) is 6.39. The molecule has 2 N–H and O–H groups in total. The molecule has 0 heterocycles. The Morgan fingerprint density at radius 1 is 1.56 bits per heavy atom. The predicted molar refractivity (Wildman–Crippen MR) is 39.4 cm³/mol. The van der Waals surface area contributed by atoms with Gasteiger partial charge in [0.2, 0.25) is 0 Å². The number of hydrogen-bond acceptors (Lipinski definition) is 2. The van der Waals surface area contributed by atoms with E-state index in [1.54, 1.807) is 0 Å². The molecule has 0 aromatic rings. The third-order valence-corrected chi connectivity index (χ3v) is 1.23. The summed E-state index contributed by atoms with van der Waals surface area (Å²) in [5.74, 6) is 0. The minimum Gasteiger partial charge on any atom is -0.377 e. The highest BCUT2D eigenvalue weighted by molar-refractivity contribution is 4.47. The van der Waals surface area contributed by atoms with Crippen molar-refractivity contribution in [1.82, 2.24) is 0 Å². The van der Waals surface area contributed by atoms with Gasteiger partial charge in [0.05, 0.1) is 6.10 Å². The molecule has 0 saturated heterocycles. The fourth-order valence-corrected chi connectivity index (χ4v) is 0.497. The van der Waals surface area contributed by atoms with Gasteiger partial charge in [0, 0.05) is 13.2 Å². The van der Waals surface area contributed by atoms with E-state index in [0.717, 1.165) is 13.0 Å². The number of nitrogens with two attached hydrogens (primary N) is 1. The summed E-state index contributed by atoms with van der Waals surface area (Å²) in [5, 5.41) is 0. The molecule has 9 heavy (non-hydrogen) atoms. The van der Waals surface area contributed by atoms with Gasteiger partial charge in [-0.2, -0.15) is 0 Å². The zero-order chi connectivity index (χ0) is 7.11. The molecule has 0 aromatic carbocycles. The summed E-state index contributed by atoms with van der Waals surface area (Å²) in [6.45, 7) is 5.63. The monoisotopic (exact) mass is 131 g/mol. The van der Waals surface area contributed by atoms with Gasteiger partial charge in [0.1, 0.15) is 0 Å². The molecule has 0 bridgehead atoms. The van der Waals surface area contributed by atoms with Crippen molar-refractivity contribution in [3.63, 3.8) is 0 Å². The van der Waals surface area contributed by atoms with Crippen molar-refractivity contribution in [2.45, 2.75) is 32.8 Å². The summed E-state index contributed by atoms with van der Waals surface area (Å²) < 4.78 is 5.31. The van der Waals surface area contributed by atoms with Gasteiger partial charge in [-0.15, -0.1) is 0 Å². The van der Waals surface area contributed by atoms with E-state index in [0.29, 0.717) is 6.54 Å². The maximum atomic E-state index is 5.33. The third kappa shape index (κ3) is 5.80. The number of unbranched alkanes of at least 4 members (excludes halogenated alkanes) is 1. The molecule has 0 aromatic heterocycles. The zero-order valence-electron chi connectivity index (χ0n) is 6.39. The van der Waals surface area contributed by atoms with E-state index in [1.807, 2.05) is 6.92 Å². The Morgan fingerprint density at radius 2 is 2.22 bits per heavy atom. The van der Waals surface area contributed by atoms with Crippen LogP contribution in [0.1, 0.15) is 26.7 Å². The molecule has 0 saturated carbocycles. The molecule has 0 aliphatic rings. The standard InChI is InChI=1S/C7H17NO/c1-3-4-5-9-7(2)6-8/h7H,3-6,8H2,1-2H3/t7-/m1/s1. The summed E-state index contributed by atoms with van der Waals surface area (Å²) in [5.41, 5.74) is 5.33. The first-order valence-corrected chi connectivity index (χ1v) is 3.63. The second-order valence-corrected chi connectivity index (χ2v) is 2.27. The van der Waals surface area contributed by atoms with E-state index in [-0.39, 0.29) is 6.10 Å². The molecule has 0 radical (unpaired) electrons. The first-order chi connectivity index (χ1) is 4.31. The molecule has 0 amide bonds. The van der Waals surface area contributed by atoms with Gasteiger partial charge in [0.15, 0.2) is 0 Å². The molecule has 2 nitrogen and oxygen atoms in total. The number of ether oxygens (including phenoxy) is 1. The topological polar surface area (TPSA) is 35.2 Å². The molecular formula is C7H17NO. The van der Waals surface area contributed by atoms with Crippen molar-refractivity contribution in [3.8, 4) is 0 Å². The van der Waals surface area contributed by atoms with E-state index in [4.69, 9.17) is 10.5 Å². The van der Waals surface area contributed by atoms with Crippen LogP contribution in [0.2, 0.25) is 0 Å². The highest BCUT2D eigenvalue weighted by Crippen LogP contribution is 1.91. The van der Waals surface area contributed by atoms with Crippen LogP contribution in [0.3, 0.4) is 0 Å². The van der Waals surface area contributed by atoms with Gasteiger partial charge in [-0.3, -0.25) is 0 Å². The van der Waals surface area contributed by atoms with E-state index in [2.05, 4.69) is 6.92 Å². The lowest BCUT2D eigenvalue weighted by atomic mass is 10.3. The van der Waals surface area contributed by atoms with Crippen molar-refractivity contribution < 1.29 is 4.74 Å². The second kappa shape index (κ2) is 6.05. The Kier molecular flexibility index (Phi) is 5.99. The lowest BCUT2D eigenvalue weighted by molar-refractivity contribution is 0.0698. The van der Waals surface area contributed by atoms with Crippen molar-refractivity contribution in [2.24, 2.45) is 5.73 Å². The summed E-state index contributed by atoms with van der Waals surface area (Å²) >= 11 is 0. The Hall–Kier alpha value is -0.0800. The highest BCUT2D eigenvalue weighted by Gasteiger charge is 1.95. The molecular weight excluding hydrogens is 114 g/mol. The van der Waals surface area contributed by atoms with Crippen LogP contribution >= 0.6 is 0 Å². The van der Waals surface area contributed by atoms with Gasteiger partial charge in [0.25, 0.3) is 0 Å². The maximum Gasteiger partial charge on any atom is 0.0669 e. The average Bonchev–Trinajstić information content (AvgIpc) is 1.89. The Morgan fingerprint density at radius 3 is 2.67 bits per heavy atom. The van der Waals surface area contributed by atoms with Crippen LogP contribution in [0.15, 0.2) is 0 Å². The Labute approximate surface area is 57.4 Å². The predicted octanol–water partition coefficient (Wildman–Crippen LogP) is 1.15. The van der Waals surface area contributed by atoms with Gasteiger partial charge < -0.3 is 10.5 Å². The van der Waals surface area contributed by atoms with E-state index < -0.39 is 0 Å². The lowest BCUT2D eigenvalue weighted by Crippen LogP contribution is -2.20. The average molecular weight is 131 g/mol. The lowest BCUT2D eigenvalue weighted by Gasteiger charge is -2.08. The molecule has 2 heteroatoms. The van der Waals surface area contributed by atoms with Gasteiger partial charge >= 0.3 is 0 Å². The van der Waals surface area contributed by atoms with Gasteiger partial charge in [-0.1, -0.05) is 13.3 Å². The molecule has 0 aliphatic heterocycles. The minimum atomic E-state index is 0.233. The molecule has 0 spiro atoms. The maximum absolute atomic E-state index is 5.33. The van der Waals surface area contributed by atoms with Crippen molar-refractivity contribution in [2.75, 3.05) is 13.2 Å². The van der Waals surface area contributed by atoms with Gasteiger partial charge in [-0.25, -0.2) is 0 Å². The van der Waals surface area contributed by atoms with Crippen LogP contribution in [-0.2, 0) is 4.74 Å².